The Hall–Kier alpha value is -2.74. The molecule has 0 amide bonds. The molecule has 3 aromatic carbocycles. The van der Waals surface area contributed by atoms with Crippen molar-refractivity contribution < 1.29 is 9.47 Å². The zero-order valence-electron chi connectivity index (χ0n) is 18.1. The van der Waals surface area contributed by atoms with Crippen LogP contribution in [-0.2, 0) is 6.42 Å². The summed E-state index contributed by atoms with van der Waals surface area (Å²) < 4.78 is 11.6. The normalized spacial score (nSPS) is 17.8. The maximum Gasteiger partial charge on any atom is 0.126 e. The van der Waals surface area contributed by atoms with E-state index in [0.29, 0.717) is 12.5 Å². The van der Waals surface area contributed by atoms with Crippen LogP contribution in [0.1, 0.15) is 66.7 Å². The summed E-state index contributed by atoms with van der Waals surface area (Å²) in [5.74, 6) is 2.35. The Morgan fingerprint density at radius 2 is 1.67 bits per heavy atom. The van der Waals surface area contributed by atoms with Crippen LogP contribution >= 0.6 is 0 Å². The highest BCUT2D eigenvalue weighted by Gasteiger charge is 2.33. The van der Waals surface area contributed by atoms with Crippen LogP contribution in [0, 0.1) is 0 Å². The van der Waals surface area contributed by atoms with Gasteiger partial charge in [0.2, 0.25) is 0 Å². The first-order valence-corrected chi connectivity index (χ1v) is 11.2. The molecular weight excluding hydrogens is 368 g/mol. The van der Waals surface area contributed by atoms with Crippen molar-refractivity contribution in [1.29, 1.82) is 0 Å². The lowest BCUT2D eigenvalue weighted by molar-refractivity contribution is 0.247. The van der Waals surface area contributed by atoms with Gasteiger partial charge in [-0.1, -0.05) is 86.8 Å². The van der Waals surface area contributed by atoms with Gasteiger partial charge in [-0.2, -0.15) is 0 Å². The third kappa shape index (κ3) is 4.53. The number of ether oxygens (including phenoxy) is 2. The summed E-state index contributed by atoms with van der Waals surface area (Å²) >= 11 is 0. The average molecular weight is 401 g/mol. The lowest BCUT2D eigenvalue weighted by Gasteiger charge is -2.34. The van der Waals surface area contributed by atoms with E-state index in [2.05, 4.69) is 67.6 Å². The van der Waals surface area contributed by atoms with Crippen LogP contribution in [0.3, 0.4) is 0 Å². The van der Waals surface area contributed by atoms with E-state index >= 15 is 0 Å². The van der Waals surface area contributed by atoms with Gasteiger partial charge < -0.3 is 9.47 Å². The summed E-state index contributed by atoms with van der Waals surface area (Å²) in [5, 5.41) is 0. The SMILES string of the molecule is CCCCCCc1ccc([C@@H]2c3ccc(OC)cc3OC[C@@H]2c2ccccc2)cc1. The lowest BCUT2D eigenvalue weighted by Crippen LogP contribution is -2.25. The Morgan fingerprint density at radius 1 is 0.867 bits per heavy atom. The van der Waals surface area contributed by atoms with Gasteiger partial charge in [0.15, 0.2) is 0 Å². The highest BCUT2D eigenvalue weighted by Crippen LogP contribution is 2.46. The van der Waals surface area contributed by atoms with Gasteiger partial charge >= 0.3 is 0 Å². The molecule has 2 heteroatoms. The van der Waals surface area contributed by atoms with Gasteiger partial charge in [0.1, 0.15) is 11.5 Å². The number of fused-ring (bicyclic) bond motifs is 1. The molecule has 2 nitrogen and oxygen atoms in total. The molecule has 1 heterocycles. The van der Waals surface area contributed by atoms with Crippen molar-refractivity contribution in [3.05, 3.63) is 95.1 Å². The molecule has 0 saturated carbocycles. The smallest absolute Gasteiger partial charge is 0.126 e. The lowest BCUT2D eigenvalue weighted by atomic mass is 9.75. The Bertz CT molecular complexity index is 931. The maximum atomic E-state index is 6.20. The minimum atomic E-state index is 0.274. The van der Waals surface area contributed by atoms with E-state index in [4.69, 9.17) is 9.47 Å². The van der Waals surface area contributed by atoms with Crippen LogP contribution in [0.2, 0.25) is 0 Å². The summed E-state index contributed by atoms with van der Waals surface area (Å²) in [6.07, 6.45) is 6.39. The number of unbranched alkanes of at least 4 members (excludes halogenated alkanes) is 3. The molecular formula is C28H32O2. The van der Waals surface area contributed by atoms with Crippen molar-refractivity contribution in [3.63, 3.8) is 0 Å². The quantitative estimate of drug-likeness (QED) is 0.375. The van der Waals surface area contributed by atoms with Gasteiger partial charge in [-0.15, -0.1) is 0 Å². The number of hydrogen-bond acceptors (Lipinski definition) is 2. The Balaban J connectivity index is 1.65. The van der Waals surface area contributed by atoms with Crippen molar-refractivity contribution >= 4 is 0 Å². The third-order valence-electron chi connectivity index (χ3n) is 6.26. The van der Waals surface area contributed by atoms with Crippen molar-refractivity contribution in [1.82, 2.24) is 0 Å². The number of rotatable bonds is 8. The van der Waals surface area contributed by atoms with E-state index in [9.17, 15) is 0 Å². The highest BCUT2D eigenvalue weighted by molar-refractivity contribution is 5.50. The zero-order valence-corrected chi connectivity index (χ0v) is 18.1. The van der Waals surface area contributed by atoms with E-state index in [0.717, 1.165) is 11.5 Å². The van der Waals surface area contributed by atoms with Crippen LogP contribution in [-0.4, -0.2) is 13.7 Å². The first-order valence-electron chi connectivity index (χ1n) is 11.2. The molecule has 1 aliphatic heterocycles. The predicted molar refractivity (Wildman–Crippen MR) is 124 cm³/mol. The Morgan fingerprint density at radius 3 is 2.40 bits per heavy atom. The number of methoxy groups -OCH3 is 1. The van der Waals surface area contributed by atoms with Crippen LogP contribution in [0.5, 0.6) is 11.5 Å². The van der Waals surface area contributed by atoms with E-state index in [1.54, 1.807) is 7.11 Å². The summed E-state index contributed by atoms with van der Waals surface area (Å²) in [6.45, 7) is 2.94. The van der Waals surface area contributed by atoms with Crippen LogP contribution in [0.25, 0.3) is 0 Å². The molecule has 4 rings (SSSR count). The van der Waals surface area contributed by atoms with Crippen LogP contribution in [0.15, 0.2) is 72.8 Å². The molecule has 0 aromatic heterocycles. The number of aryl methyl sites for hydroxylation is 1. The molecule has 0 bridgehead atoms. The summed E-state index contributed by atoms with van der Waals surface area (Å²) in [4.78, 5) is 0. The molecule has 0 aliphatic carbocycles. The fourth-order valence-electron chi connectivity index (χ4n) is 4.56. The Kier molecular flexibility index (Phi) is 6.74. The minimum Gasteiger partial charge on any atom is -0.497 e. The van der Waals surface area contributed by atoms with E-state index in [-0.39, 0.29) is 5.92 Å². The Labute approximate surface area is 180 Å². The van der Waals surface area contributed by atoms with Crippen molar-refractivity contribution in [2.45, 2.75) is 50.9 Å². The van der Waals surface area contributed by atoms with Crippen molar-refractivity contribution in [2.75, 3.05) is 13.7 Å². The molecule has 3 aromatic rings. The minimum absolute atomic E-state index is 0.274. The molecule has 0 radical (unpaired) electrons. The third-order valence-corrected chi connectivity index (χ3v) is 6.26. The fourth-order valence-corrected chi connectivity index (χ4v) is 4.56. The summed E-state index contributed by atoms with van der Waals surface area (Å²) in [7, 11) is 1.70. The van der Waals surface area contributed by atoms with Gasteiger partial charge in [-0.05, 0) is 35.6 Å². The van der Waals surface area contributed by atoms with Gasteiger partial charge in [0.05, 0.1) is 13.7 Å². The topological polar surface area (TPSA) is 18.5 Å². The predicted octanol–water partition coefficient (Wildman–Crippen LogP) is 7.13. The number of hydrogen-bond donors (Lipinski definition) is 0. The largest absolute Gasteiger partial charge is 0.497 e. The van der Waals surface area contributed by atoms with E-state index in [1.165, 1.54) is 54.4 Å². The molecule has 30 heavy (non-hydrogen) atoms. The zero-order chi connectivity index (χ0) is 20.8. The molecule has 0 spiro atoms. The molecule has 0 N–H and O–H groups in total. The molecule has 2 atom stereocenters. The molecule has 0 unspecified atom stereocenters. The molecule has 1 aliphatic rings. The second kappa shape index (κ2) is 9.84. The first-order chi connectivity index (χ1) is 14.8. The second-order valence-electron chi connectivity index (χ2n) is 8.26. The summed E-state index contributed by atoms with van der Waals surface area (Å²) in [5.41, 5.74) is 5.36. The van der Waals surface area contributed by atoms with Crippen molar-refractivity contribution in [2.24, 2.45) is 0 Å². The maximum absolute atomic E-state index is 6.20. The highest BCUT2D eigenvalue weighted by atomic mass is 16.5. The second-order valence-corrected chi connectivity index (χ2v) is 8.26. The van der Waals surface area contributed by atoms with Gasteiger partial charge in [0, 0.05) is 23.5 Å². The standard InChI is InChI=1S/C28H32O2/c1-3-4-5-7-10-21-13-15-23(16-14-21)28-25-18-17-24(29-2)19-27(25)30-20-26(28)22-11-8-6-9-12-22/h6,8-9,11-19,26,28H,3-5,7,10,20H2,1-2H3/t26-,28-/m1/s1. The van der Waals surface area contributed by atoms with Crippen molar-refractivity contribution in [3.8, 4) is 11.5 Å². The van der Waals surface area contributed by atoms with Crippen LogP contribution < -0.4 is 9.47 Å². The van der Waals surface area contributed by atoms with Gasteiger partial charge in [0.25, 0.3) is 0 Å². The van der Waals surface area contributed by atoms with E-state index in [1.807, 2.05) is 12.1 Å². The monoisotopic (exact) mass is 400 g/mol. The van der Waals surface area contributed by atoms with E-state index < -0.39 is 0 Å². The molecule has 0 saturated heterocycles. The number of benzene rings is 3. The van der Waals surface area contributed by atoms with Crippen LogP contribution in [0.4, 0.5) is 0 Å². The molecule has 0 fully saturated rings. The molecule has 156 valence electrons. The fraction of sp³-hybridized carbons (Fsp3) is 0.357. The average Bonchev–Trinajstić information content (AvgIpc) is 2.82. The first kappa shape index (κ1) is 20.5. The van der Waals surface area contributed by atoms with Gasteiger partial charge in [-0.25, -0.2) is 0 Å². The summed E-state index contributed by atoms with van der Waals surface area (Å²) in [6, 6.07) is 26.3. The van der Waals surface area contributed by atoms with Gasteiger partial charge in [-0.3, -0.25) is 0 Å².